The Hall–Kier alpha value is -5.34. The van der Waals surface area contributed by atoms with E-state index in [1.54, 1.807) is 12.7 Å². The molecule has 43 heavy (non-hydrogen) atoms. The zero-order chi connectivity index (χ0) is 29.3. The Labute approximate surface area is 247 Å². The van der Waals surface area contributed by atoms with E-state index in [1.807, 2.05) is 54.0 Å². The van der Waals surface area contributed by atoms with Crippen LogP contribution in [0.1, 0.15) is 12.0 Å². The van der Waals surface area contributed by atoms with Gasteiger partial charge in [-0.25, -0.2) is 19.7 Å². The second-order valence-corrected chi connectivity index (χ2v) is 10.6. The predicted octanol–water partition coefficient (Wildman–Crippen LogP) is 4.47. The first-order valence-corrected chi connectivity index (χ1v) is 14.1. The summed E-state index contributed by atoms with van der Waals surface area (Å²) in [7, 11) is 0. The van der Waals surface area contributed by atoms with Crippen LogP contribution in [0.25, 0.3) is 21.9 Å². The van der Waals surface area contributed by atoms with Crippen LogP contribution in [0.3, 0.4) is 0 Å². The van der Waals surface area contributed by atoms with Crippen molar-refractivity contribution in [2.45, 2.75) is 25.9 Å². The number of aromatic nitrogens is 4. The standard InChI is InChI=1S/C32H29N7O4/c1-20-12-21(5-8-29(20)43-23-6-7-27-26(13-23)36-19-39(27)10-3-2-4-31(40)41)37-32-24-14-28-30(15-25(24)34-18-35-32)42-17-22-16-38(28)11-9-33-22/h5-8,12-15,18-19,22,33H,3,9-11,16-17H2,1H3,(H,40,41)(H,34,35,37)/t22-/m0/s1. The molecule has 3 N–H and O–H groups in total. The Balaban J connectivity index is 1.09. The summed E-state index contributed by atoms with van der Waals surface area (Å²) >= 11 is 0. The van der Waals surface area contributed by atoms with E-state index in [9.17, 15) is 4.79 Å². The SMILES string of the molecule is Cc1cc(Nc2ncnc3cc4c(cc23)N2CCN[C@H](CO4)C2)ccc1Oc1ccc2c(c1)ncn2CCC#CC(=O)O. The third kappa shape index (κ3) is 5.48. The molecule has 2 bridgehead atoms. The van der Waals surface area contributed by atoms with Gasteiger partial charge in [-0.15, -0.1) is 0 Å². The van der Waals surface area contributed by atoms with Crippen LogP contribution in [0.15, 0.2) is 61.2 Å². The number of nitrogens with one attached hydrogen (secondary N) is 2. The summed E-state index contributed by atoms with van der Waals surface area (Å²) in [6.45, 7) is 5.96. The summed E-state index contributed by atoms with van der Waals surface area (Å²) in [4.78, 5) is 26.5. The molecule has 2 aliphatic rings. The van der Waals surface area contributed by atoms with Gasteiger partial charge in [-0.3, -0.25) is 0 Å². The second-order valence-electron chi connectivity index (χ2n) is 10.6. The molecule has 5 aromatic rings. The highest BCUT2D eigenvalue weighted by molar-refractivity contribution is 5.95. The number of carboxylic acids is 1. The first-order chi connectivity index (χ1) is 21.0. The molecular formula is C32H29N7O4. The fraction of sp³-hybridized carbons (Fsp3) is 0.250. The molecule has 4 heterocycles. The molecule has 0 amide bonds. The number of aliphatic carboxylic acids is 1. The van der Waals surface area contributed by atoms with Gasteiger partial charge < -0.3 is 34.7 Å². The Morgan fingerprint density at radius 3 is 2.98 bits per heavy atom. The summed E-state index contributed by atoms with van der Waals surface area (Å²) in [6.07, 6.45) is 3.72. The minimum absolute atomic E-state index is 0.313. The number of rotatable bonds is 6. The molecule has 7 rings (SSSR count). The van der Waals surface area contributed by atoms with E-state index in [-0.39, 0.29) is 0 Å². The van der Waals surface area contributed by atoms with Crippen LogP contribution in [-0.2, 0) is 11.3 Å². The van der Waals surface area contributed by atoms with E-state index in [2.05, 4.69) is 48.4 Å². The number of nitrogens with zero attached hydrogens (tertiary/aromatic N) is 5. The number of imidazole rings is 1. The molecule has 0 radical (unpaired) electrons. The summed E-state index contributed by atoms with van der Waals surface area (Å²) in [5.74, 6) is 6.65. The Morgan fingerprint density at radius 1 is 1.16 bits per heavy atom. The van der Waals surface area contributed by atoms with Gasteiger partial charge in [0.25, 0.3) is 0 Å². The highest BCUT2D eigenvalue weighted by Crippen LogP contribution is 2.38. The van der Waals surface area contributed by atoms with Crippen molar-refractivity contribution in [3.8, 4) is 29.1 Å². The van der Waals surface area contributed by atoms with Crippen LogP contribution in [0, 0.1) is 18.8 Å². The third-order valence-corrected chi connectivity index (χ3v) is 7.68. The summed E-state index contributed by atoms with van der Waals surface area (Å²) in [6, 6.07) is 16.1. The van der Waals surface area contributed by atoms with E-state index in [0.29, 0.717) is 31.4 Å². The smallest absolute Gasteiger partial charge is 0.381 e. The van der Waals surface area contributed by atoms with E-state index in [4.69, 9.17) is 14.6 Å². The molecule has 11 heteroatoms. The number of aryl methyl sites for hydroxylation is 2. The van der Waals surface area contributed by atoms with Gasteiger partial charge in [0.1, 0.15) is 36.0 Å². The zero-order valence-electron chi connectivity index (χ0n) is 23.5. The van der Waals surface area contributed by atoms with Crippen molar-refractivity contribution in [2.75, 3.05) is 36.5 Å². The van der Waals surface area contributed by atoms with Gasteiger partial charge in [-0.05, 0) is 48.9 Å². The molecule has 1 atom stereocenters. The number of carbonyl (C=O) groups is 1. The monoisotopic (exact) mass is 575 g/mol. The summed E-state index contributed by atoms with van der Waals surface area (Å²) in [5, 5.41) is 16.6. The zero-order valence-corrected chi connectivity index (χ0v) is 23.5. The number of hydrogen-bond acceptors (Lipinski definition) is 9. The van der Waals surface area contributed by atoms with Gasteiger partial charge in [0, 0.05) is 61.7 Å². The number of hydrogen-bond donors (Lipinski definition) is 3. The maximum absolute atomic E-state index is 10.6. The van der Waals surface area contributed by atoms with E-state index >= 15 is 0 Å². The van der Waals surface area contributed by atoms with E-state index in [1.165, 1.54) is 0 Å². The second kappa shape index (κ2) is 11.2. The maximum atomic E-state index is 10.6. The lowest BCUT2D eigenvalue weighted by atomic mass is 10.1. The largest absolute Gasteiger partial charge is 0.490 e. The average Bonchev–Trinajstić information content (AvgIpc) is 3.36. The van der Waals surface area contributed by atoms with Crippen LogP contribution < -0.4 is 25.0 Å². The van der Waals surface area contributed by atoms with Crippen molar-refractivity contribution in [1.29, 1.82) is 0 Å². The fourth-order valence-electron chi connectivity index (χ4n) is 5.59. The van der Waals surface area contributed by atoms with Gasteiger partial charge in [-0.1, -0.05) is 5.92 Å². The quantitative estimate of drug-likeness (QED) is 0.250. The maximum Gasteiger partial charge on any atom is 0.381 e. The summed E-state index contributed by atoms with van der Waals surface area (Å²) in [5.41, 5.74) is 5.46. The Kier molecular flexibility index (Phi) is 6.89. The van der Waals surface area contributed by atoms with Crippen molar-refractivity contribution >= 4 is 45.1 Å². The highest BCUT2D eigenvalue weighted by atomic mass is 16.5. The molecule has 3 aromatic carbocycles. The molecule has 0 unspecified atom stereocenters. The lowest BCUT2D eigenvalue weighted by Gasteiger charge is -2.32. The molecule has 2 aliphatic heterocycles. The number of benzene rings is 3. The minimum atomic E-state index is -1.12. The number of piperazine rings is 1. The third-order valence-electron chi connectivity index (χ3n) is 7.68. The number of ether oxygens (including phenoxy) is 2. The molecule has 0 saturated carbocycles. The molecule has 0 spiro atoms. The molecule has 2 aromatic heterocycles. The normalized spacial score (nSPS) is 15.7. The van der Waals surface area contributed by atoms with Gasteiger partial charge in [0.15, 0.2) is 0 Å². The van der Waals surface area contributed by atoms with Gasteiger partial charge in [0.2, 0.25) is 0 Å². The number of anilines is 3. The van der Waals surface area contributed by atoms with Crippen LogP contribution in [0.2, 0.25) is 0 Å². The van der Waals surface area contributed by atoms with E-state index in [0.717, 1.165) is 75.8 Å². The lowest BCUT2D eigenvalue weighted by molar-refractivity contribution is -0.130. The summed E-state index contributed by atoms with van der Waals surface area (Å²) < 4.78 is 14.3. The highest BCUT2D eigenvalue weighted by Gasteiger charge is 2.27. The average molecular weight is 576 g/mol. The van der Waals surface area contributed by atoms with Crippen molar-refractivity contribution < 1.29 is 19.4 Å². The Bertz CT molecular complexity index is 1930. The van der Waals surface area contributed by atoms with Gasteiger partial charge in [-0.2, -0.15) is 0 Å². The molecule has 1 saturated heterocycles. The van der Waals surface area contributed by atoms with Crippen molar-refractivity contribution in [3.05, 3.63) is 66.7 Å². The minimum Gasteiger partial charge on any atom is -0.490 e. The Morgan fingerprint density at radius 2 is 2.09 bits per heavy atom. The van der Waals surface area contributed by atoms with Crippen molar-refractivity contribution in [3.63, 3.8) is 0 Å². The van der Waals surface area contributed by atoms with Crippen LogP contribution >= 0.6 is 0 Å². The predicted molar refractivity (Wildman–Crippen MR) is 163 cm³/mol. The molecule has 216 valence electrons. The van der Waals surface area contributed by atoms with Gasteiger partial charge in [0.05, 0.1) is 34.6 Å². The van der Waals surface area contributed by atoms with Crippen LogP contribution in [0.4, 0.5) is 17.2 Å². The molecular weight excluding hydrogens is 546 g/mol. The number of fused-ring (bicyclic) bond motifs is 6. The van der Waals surface area contributed by atoms with Crippen LogP contribution in [-0.4, -0.2) is 62.9 Å². The van der Waals surface area contributed by atoms with E-state index < -0.39 is 5.97 Å². The first kappa shape index (κ1) is 26.6. The fourth-order valence-corrected chi connectivity index (χ4v) is 5.59. The lowest BCUT2D eigenvalue weighted by Crippen LogP contribution is -2.51. The van der Waals surface area contributed by atoms with Crippen molar-refractivity contribution in [1.82, 2.24) is 24.8 Å². The molecule has 1 fully saturated rings. The molecule has 0 aliphatic carbocycles. The van der Waals surface area contributed by atoms with Gasteiger partial charge >= 0.3 is 5.97 Å². The number of carboxylic acid groups (broad SMARTS) is 1. The molecule has 11 nitrogen and oxygen atoms in total. The first-order valence-electron chi connectivity index (χ1n) is 14.1. The van der Waals surface area contributed by atoms with Crippen molar-refractivity contribution in [2.24, 2.45) is 0 Å². The van der Waals surface area contributed by atoms with Crippen LogP contribution in [0.5, 0.6) is 17.2 Å². The topological polar surface area (TPSA) is 127 Å².